The van der Waals surface area contributed by atoms with Crippen molar-refractivity contribution >= 4 is 10.8 Å². The summed E-state index contributed by atoms with van der Waals surface area (Å²) in [5.74, 6) is 1.45. The first-order valence-electron chi connectivity index (χ1n) is 8.77. The third-order valence-corrected chi connectivity index (χ3v) is 4.78. The van der Waals surface area contributed by atoms with Crippen molar-refractivity contribution in [3.05, 3.63) is 84.2 Å². The second kappa shape index (κ2) is 6.21. The van der Waals surface area contributed by atoms with Gasteiger partial charge in [-0.25, -0.2) is 4.98 Å². The first-order chi connectivity index (χ1) is 12.1. The van der Waals surface area contributed by atoms with E-state index in [0.29, 0.717) is 5.92 Å². The molecule has 0 saturated heterocycles. The lowest BCUT2D eigenvalue weighted by molar-refractivity contribution is 0.844. The summed E-state index contributed by atoms with van der Waals surface area (Å²) in [5, 5.41) is 2.49. The van der Waals surface area contributed by atoms with Crippen LogP contribution in [0.15, 0.2) is 73.1 Å². The van der Waals surface area contributed by atoms with E-state index in [1.165, 1.54) is 27.6 Å². The van der Waals surface area contributed by atoms with Gasteiger partial charge in [0.25, 0.3) is 0 Å². The van der Waals surface area contributed by atoms with Crippen LogP contribution >= 0.6 is 0 Å². The molecule has 0 bridgehead atoms. The second-order valence-corrected chi connectivity index (χ2v) is 6.85. The van der Waals surface area contributed by atoms with Crippen LogP contribution in [0.1, 0.15) is 30.9 Å². The molecule has 0 spiro atoms. The van der Waals surface area contributed by atoms with Crippen LogP contribution in [0.25, 0.3) is 27.8 Å². The van der Waals surface area contributed by atoms with E-state index in [1.807, 2.05) is 6.20 Å². The van der Waals surface area contributed by atoms with Crippen molar-refractivity contribution < 1.29 is 0 Å². The second-order valence-electron chi connectivity index (χ2n) is 6.85. The quantitative estimate of drug-likeness (QED) is 0.443. The van der Waals surface area contributed by atoms with Gasteiger partial charge in [0.05, 0.1) is 5.69 Å². The van der Waals surface area contributed by atoms with Gasteiger partial charge in [-0.05, 0) is 40.8 Å². The fourth-order valence-corrected chi connectivity index (χ4v) is 3.50. The predicted molar refractivity (Wildman–Crippen MR) is 105 cm³/mol. The number of rotatable bonds is 3. The van der Waals surface area contributed by atoms with Gasteiger partial charge >= 0.3 is 0 Å². The normalized spacial score (nSPS) is 11.4. The molecule has 0 saturated carbocycles. The number of hydrogen-bond donors (Lipinski definition) is 0. The maximum atomic E-state index is 4.67. The monoisotopic (exact) mass is 326 g/mol. The molecule has 0 radical (unpaired) electrons. The predicted octanol–water partition coefficient (Wildman–Crippen LogP) is 6.12. The summed E-state index contributed by atoms with van der Waals surface area (Å²) in [7, 11) is 0. The first kappa shape index (κ1) is 15.6. The molecular formula is C23H22N2. The number of hydrogen-bond acceptors (Lipinski definition) is 1. The van der Waals surface area contributed by atoms with Crippen molar-refractivity contribution in [2.75, 3.05) is 0 Å². The van der Waals surface area contributed by atoms with Crippen LogP contribution in [0, 0.1) is 6.92 Å². The maximum Gasteiger partial charge on any atom is 0.144 e. The molecule has 0 atom stereocenters. The average molecular weight is 326 g/mol. The van der Waals surface area contributed by atoms with Crippen LogP contribution in [-0.2, 0) is 0 Å². The zero-order valence-corrected chi connectivity index (χ0v) is 14.9. The minimum Gasteiger partial charge on any atom is -0.299 e. The molecule has 2 nitrogen and oxygen atoms in total. The molecule has 4 aromatic rings. The van der Waals surface area contributed by atoms with Crippen LogP contribution < -0.4 is 0 Å². The smallest absolute Gasteiger partial charge is 0.144 e. The van der Waals surface area contributed by atoms with Gasteiger partial charge in [-0.1, -0.05) is 68.4 Å². The molecule has 0 aliphatic rings. The number of para-hydroxylation sites is 1. The highest BCUT2D eigenvalue weighted by Crippen LogP contribution is 2.31. The van der Waals surface area contributed by atoms with Gasteiger partial charge < -0.3 is 0 Å². The van der Waals surface area contributed by atoms with Crippen LogP contribution in [0.2, 0.25) is 0 Å². The summed E-state index contributed by atoms with van der Waals surface area (Å²) in [6.45, 7) is 6.65. The Morgan fingerprint density at radius 3 is 2.48 bits per heavy atom. The SMILES string of the molecule is Cc1cccc(C(C)C)c1-n1ccnc1-c1ccc2ccccc2c1. The lowest BCUT2D eigenvalue weighted by Gasteiger charge is -2.18. The molecule has 0 fully saturated rings. The standard InChI is InChI=1S/C23H22N2/c1-16(2)21-10-6-7-17(3)22(21)25-14-13-24-23(25)20-12-11-18-8-4-5-9-19(18)15-20/h4-16H,1-3H3. The molecule has 0 aliphatic heterocycles. The van der Waals surface area contributed by atoms with E-state index < -0.39 is 0 Å². The minimum atomic E-state index is 0.460. The van der Waals surface area contributed by atoms with E-state index in [4.69, 9.17) is 0 Å². The van der Waals surface area contributed by atoms with Crippen molar-refractivity contribution in [1.82, 2.24) is 9.55 Å². The van der Waals surface area contributed by atoms with Gasteiger partial charge in [0.1, 0.15) is 5.82 Å². The fraction of sp³-hybridized carbons (Fsp3) is 0.174. The largest absolute Gasteiger partial charge is 0.299 e. The lowest BCUT2D eigenvalue weighted by Crippen LogP contribution is -2.04. The Balaban J connectivity index is 1.92. The Morgan fingerprint density at radius 1 is 0.880 bits per heavy atom. The summed E-state index contributed by atoms with van der Waals surface area (Å²) in [4.78, 5) is 4.67. The van der Waals surface area contributed by atoms with E-state index in [2.05, 4.69) is 97.2 Å². The van der Waals surface area contributed by atoms with E-state index in [9.17, 15) is 0 Å². The summed E-state index contributed by atoms with van der Waals surface area (Å²) in [6.07, 6.45) is 3.96. The van der Waals surface area contributed by atoms with Gasteiger partial charge in [-0.2, -0.15) is 0 Å². The fourth-order valence-electron chi connectivity index (χ4n) is 3.50. The Bertz CT molecular complexity index is 1040. The minimum absolute atomic E-state index is 0.460. The summed E-state index contributed by atoms with van der Waals surface area (Å²) >= 11 is 0. The number of nitrogens with zero attached hydrogens (tertiary/aromatic N) is 2. The Kier molecular flexibility index (Phi) is 3.89. The highest BCUT2D eigenvalue weighted by molar-refractivity contribution is 5.86. The molecule has 25 heavy (non-hydrogen) atoms. The molecule has 4 rings (SSSR count). The molecular weight excluding hydrogens is 304 g/mol. The maximum absolute atomic E-state index is 4.67. The van der Waals surface area contributed by atoms with E-state index >= 15 is 0 Å². The van der Waals surface area contributed by atoms with Crippen LogP contribution in [0.3, 0.4) is 0 Å². The van der Waals surface area contributed by atoms with Gasteiger partial charge in [-0.3, -0.25) is 4.57 Å². The first-order valence-corrected chi connectivity index (χ1v) is 8.77. The van der Waals surface area contributed by atoms with Gasteiger partial charge in [-0.15, -0.1) is 0 Å². The van der Waals surface area contributed by atoms with Crippen LogP contribution in [0.5, 0.6) is 0 Å². The van der Waals surface area contributed by atoms with Crippen molar-refractivity contribution in [1.29, 1.82) is 0 Å². The third-order valence-electron chi connectivity index (χ3n) is 4.78. The molecule has 2 heteroatoms. The number of aryl methyl sites for hydroxylation is 1. The lowest BCUT2D eigenvalue weighted by atomic mass is 9.97. The van der Waals surface area contributed by atoms with Crippen molar-refractivity contribution in [3.63, 3.8) is 0 Å². The third kappa shape index (κ3) is 2.74. The van der Waals surface area contributed by atoms with Crippen molar-refractivity contribution in [2.24, 2.45) is 0 Å². The van der Waals surface area contributed by atoms with E-state index in [1.54, 1.807) is 0 Å². The summed E-state index contributed by atoms with van der Waals surface area (Å²) in [6, 6.07) is 21.5. The molecule has 0 N–H and O–H groups in total. The topological polar surface area (TPSA) is 17.8 Å². The van der Waals surface area contributed by atoms with Crippen LogP contribution in [0.4, 0.5) is 0 Å². The zero-order valence-electron chi connectivity index (χ0n) is 14.9. The number of aromatic nitrogens is 2. The molecule has 1 heterocycles. The number of benzene rings is 3. The Hall–Kier alpha value is -2.87. The van der Waals surface area contributed by atoms with Gasteiger partial charge in [0.2, 0.25) is 0 Å². The summed E-state index contributed by atoms with van der Waals surface area (Å²) in [5.41, 5.74) is 5.01. The van der Waals surface area contributed by atoms with Gasteiger partial charge in [0.15, 0.2) is 0 Å². The Labute approximate surface area is 148 Å². The Morgan fingerprint density at radius 2 is 1.68 bits per heavy atom. The van der Waals surface area contributed by atoms with Gasteiger partial charge in [0, 0.05) is 18.0 Å². The highest BCUT2D eigenvalue weighted by atomic mass is 15.1. The van der Waals surface area contributed by atoms with E-state index in [-0.39, 0.29) is 0 Å². The molecule has 0 amide bonds. The molecule has 124 valence electrons. The number of imidazole rings is 1. The molecule has 0 unspecified atom stereocenters. The van der Waals surface area contributed by atoms with Crippen molar-refractivity contribution in [3.8, 4) is 17.1 Å². The highest BCUT2D eigenvalue weighted by Gasteiger charge is 2.15. The number of fused-ring (bicyclic) bond motifs is 1. The van der Waals surface area contributed by atoms with Crippen LogP contribution in [-0.4, -0.2) is 9.55 Å². The zero-order chi connectivity index (χ0) is 17.4. The molecule has 0 aliphatic carbocycles. The average Bonchev–Trinajstić information content (AvgIpc) is 3.10. The molecule has 3 aromatic carbocycles. The summed E-state index contributed by atoms with van der Waals surface area (Å²) < 4.78 is 2.23. The molecule has 1 aromatic heterocycles. The van der Waals surface area contributed by atoms with Crippen molar-refractivity contribution in [2.45, 2.75) is 26.7 Å². The van der Waals surface area contributed by atoms with E-state index in [0.717, 1.165) is 11.4 Å².